The lowest BCUT2D eigenvalue weighted by atomic mass is 10.5. The number of hydrogen-bond donors (Lipinski definition) is 3. The molecular weight excluding hydrogens is 333 g/mol. The fourth-order valence-corrected chi connectivity index (χ4v) is 6.46. The first-order valence-electron chi connectivity index (χ1n) is 5.10. The Morgan fingerprint density at radius 3 is 2.12 bits per heavy atom. The van der Waals surface area contributed by atoms with E-state index in [1.165, 1.54) is 23.0 Å². The molecule has 0 radical (unpaired) electrons. The highest BCUT2D eigenvalue weighted by molar-refractivity contribution is 8.68. The van der Waals surface area contributed by atoms with Crippen LogP contribution in [0.25, 0.3) is 0 Å². The molecule has 0 aromatic rings. The van der Waals surface area contributed by atoms with E-state index in [9.17, 15) is 0 Å². The molecule has 0 aromatic heterocycles. The summed E-state index contributed by atoms with van der Waals surface area (Å²) in [6.45, 7) is 0. The maximum atomic E-state index is 4.25. The summed E-state index contributed by atoms with van der Waals surface area (Å²) in [5.41, 5.74) is 0. The van der Waals surface area contributed by atoms with E-state index in [-0.39, 0.29) is 0 Å². The smallest absolute Gasteiger partial charge is 0.0237 e. The summed E-state index contributed by atoms with van der Waals surface area (Å²) in [4.78, 5) is 0. The molecule has 0 nitrogen and oxygen atoms in total. The molecule has 0 saturated heterocycles. The molecule has 0 aliphatic heterocycles. The van der Waals surface area contributed by atoms with Gasteiger partial charge in [0.2, 0.25) is 0 Å². The van der Waals surface area contributed by atoms with Gasteiger partial charge in [-0.05, 0) is 11.5 Å². The van der Waals surface area contributed by atoms with Crippen LogP contribution in [-0.2, 0) is 0 Å². The molecule has 1 unspecified atom stereocenters. The Morgan fingerprint density at radius 2 is 1.50 bits per heavy atom. The molecule has 0 N–H and O–H groups in total. The normalized spacial score (nSPS) is 12.9. The molecule has 0 rings (SSSR count). The van der Waals surface area contributed by atoms with Gasteiger partial charge in [-0.15, -0.1) is 11.7 Å². The van der Waals surface area contributed by atoms with Crippen molar-refractivity contribution in [1.82, 2.24) is 0 Å². The van der Waals surface area contributed by atoms with Crippen molar-refractivity contribution in [3.63, 3.8) is 0 Å². The van der Waals surface area contributed by atoms with E-state index in [0.717, 1.165) is 28.3 Å². The van der Waals surface area contributed by atoms with Crippen LogP contribution >= 0.6 is 83.0 Å². The summed E-state index contributed by atoms with van der Waals surface area (Å²) in [6, 6.07) is 0. The van der Waals surface area contributed by atoms with Gasteiger partial charge >= 0.3 is 0 Å². The predicted octanol–water partition coefficient (Wildman–Crippen LogP) is 3.99. The first-order valence-corrected chi connectivity index (χ1v) is 11.8. The predicted molar refractivity (Wildman–Crippen MR) is 100 cm³/mol. The van der Waals surface area contributed by atoms with Crippen LogP contribution in [0, 0.1) is 0 Å². The number of thiol groups is 3. The molecule has 0 heterocycles. The van der Waals surface area contributed by atoms with E-state index in [2.05, 4.69) is 48.7 Å². The molecule has 7 heteroatoms. The first-order chi connectivity index (χ1) is 7.85. The van der Waals surface area contributed by atoms with E-state index < -0.39 is 0 Å². The van der Waals surface area contributed by atoms with Crippen LogP contribution < -0.4 is 0 Å². The van der Waals surface area contributed by atoms with Crippen LogP contribution in [0.2, 0.25) is 0 Å². The number of rotatable bonds is 12. The van der Waals surface area contributed by atoms with Crippen LogP contribution in [0.5, 0.6) is 0 Å². The lowest BCUT2D eigenvalue weighted by Crippen LogP contribution is -2.11. The van der Waals surface area contributed by atoms with Crippen LogP contribution in [0.4, 0.5) is 0 Å². The molecule has 0 fully saturated rings. The SMILES string of the molecule is SCCSCCSC(CSS)CSCCS. The zero-order valence-electron chi connectivity index (χ0n) is 9.21. The maximum Gasteiger partial charge on any atom is 0.0237 e. The van der Waals surface area contributed by atoms with E-state index in [1.54, 1.807) is 10.8 Å². The van der Waals surface area contributed by atoms with Gasteiger partial charge in [-0.25, -0.2) is 0 Å². The topological polar surface area (TPSA) is 0 Å². The lowest BCUT2D eigenvalue weighted by Gasteiger charge is -2.14. The van der Waals surface area contributed by atoms with Crippen molar-refractivity contribution < 1.29 is 0 Å². The van der Waals surface area contributed by atoms with Crippen molar-refractivity contribution >= 4 is 83.0 Å². The van der Waals surface area contributed by atoms with Gasteiger partial charge in [0, 0.05) is 39.8 Å². The molecule has 0 spiro atoms. The molecule has 16 heavy (non-hydrogen) atoms. The van der Waals surface area contributed by atoms with Gasteiger partial charge < -0.3 is 0 Å². The molecule has 0 bridgehead atoms. The average Bonchev–Trinajstić information content (AvgIpc) is 2.29. The van der Waals surface area contributed by atoms with Gasteiger partial charge in [-0.3, -0.25) is 0 Å². The summed E-state index contributed by atoms with van der Waals surface area (Å²) in [5, 5.41) is 0.740. The van der Waals surface area contributed by atoms with Gasteiger partial charge in [0.15, 0.2) is 0 Å². The number of hydrogen-bond acceptors (Lipinski definition) is 7. The quantitative estimate of drug-likeness (QED) is 0.276. The third kappa shape index (κ3) is 12.9. The Labute approximate surface area is 133 Å². The van der Waals surface area contributed by atoms with Gasteiger partial charge in [-0.2, -0.15) is 60.5 Å². The van der Waals surface area contributed by atoms with Gasteiger partial charge in [0.05, 0.1) is 0 Å². The second-order valence-electron chi connectivity index (χ2n) is 2.92. The summed E-state index contributed by atoms with van der Waals surface area (Å²) in [6.07, 6.45) is 0. The minimum absolute atomic E-state index is 0.740. The zero-order valence-corrected chi connectivity index (χ0v) is 15.2. The standard InChI is InChI=1S/C9H20S7/c10-1-3-13-5-6-15-9(8-16-12)7-14-4-2-11/h9-12H,1-8H2. The zero-order chi connectivity index (χ0) is 12.1. The minimum atomic E-state index is 0.740. The van der Waals surface area contributed by atoms with Crippen LogP contribution in [0.15, 0.2) is 0 Å². The highest BCUT2D eigenvalue weighted by atomic mass is 33.1. The lowest BCUT2D eigenvalue weighted by molar-refractivity contribution is 1.15. The fraction of sp³-hybridized carbons (Fsp3) is 1.00. The first kappa shape index (κ1) is 18.4. The van der Waals surface area contributed by atoms with Crippen molar-refractivity contribution in [3.05, 3.63) is 0 Å². The Kier molecular flexibility index (Phi) is 17.9. The highest BCUT2D eigenvalue weighted by Gasteiger charge is 2.08. The summed E-state index contributed by atoms with van der Waals surface area (Å²) in [5.74, 6) is 9.17. The van der Waals surface area contributed by atoms with Crippen molar-refractivity contribution in [2.45, 2.75) is 5.25 Å². The molecule has 0 aliphatic carbocycles. The van der Waals surface area contributed by atoms with Gasteiger partial charge in [0.25, 0.3) is 0 Å². The maximum absolute atomic E-state index is 4.25. The van der Waals surface area contributed by atoms with Gasteiger partial charge in [-0.1, -0.05) is 10.8 Å². The van der Waals surface area contributed by atoms with Crippen molar-refractivity contribution in [1.29, 1.82) is 0 Å². The number of thioether (sulfide) groups is 3. The summed E-state index contributed by atoms with van der Waals surface area (Å²) in [7, 11) is 1.66. The Hall–Kier alpha value is 2.45. The largest absolute Gasteiger partial charge is 0.179 e. The molecule has 1 atom stereocenters. The third-order valence-corrected chi connectivity index (χ3v) is 7.71. The summed E-state index contributed by atoms with van der Waals surface area (Å²) < 4.78 is 0. The van der Waals surface area contributed by atoms with E-state index in [4.69, 9.17) is 0 Å². The second-order valence-corrected chi connectivity index (χ2v) is 8.97. The fourth-order valence-electron chi connectivity index (χ4n) is 0.947. The molecule has 98 valence electrons. The molecule has 0 saturated carbocycles. The van der Waals surface area contributed by atoms with E-state index >= 15 is 0 Å². The van der Waals surface area contributed by atoms with E-state index in [1.807, 2.05) is 23.5 Å². The van der Waals surface area contributed by atoms with Crippen molar-refractivity contribution in [2.75, 3.05) is 46.0 Å². The highest BCUT2D eigenvalue weighted by Crippen LogP contribution is 2.23. The minimum Gasteiger partial charge on any atom is -0.179 e. The van der Waals surface area contributed by atoms with Crippen LogP contribution in [0.3, 0.4) is 0 Å². The molecular formula is C9H20S7. The summed E-state index contributed by atoms with van der Waals surface area (Å²) >= 11 is 18.8. The average molecular weight is 353 g/mol. The van der Waals surface area contributed by atoms with Crippen molar-refractivity contribution in [2.24, 2.45) is 0 Å². The Bertz CT molecular complexity index is 133. The third-order valence-electron chi connectivity index (χ3n) is 1.62. The molecule has 0 aliphatic rings. The van der Waals surface area contributed by atoms with Gasteiger partial charge in [0.1, 0.15) is 0 Å². The molecule has 0 amide bonds. The van der Waals surface area contributed by atoms with E-state index in [0.29, 0.717) is 0 Å². The van der Waals surface area contributed by atoms with Crippen molar-refractivity contribution in [3.8, 4) is 0 Å². The second kappa shape index (κ2) is 15.5. The monoisotopic (exact) mass is 352 g/mol. The Morgan fingerprint density at radius 1 is 0.812 bits per heavy atom. The van der Waals surface area contributed by atoms with Crippen LogP contribution in [0.1, 0.15) is 0 Å². The molecule has 0 aromatic carbocycles. The Balaban J connectivity index is 3.43. The van der Waals surface area contributed by atoms with Crippen LogP contribution in [-0.4, -0.2) is 51.3 Å².